The summed E-state index contributed by atoms with van der Waals surface area (Å²) in [6.45, 7) is 5.02. The average molecular weight is 584 g/mol. The Morgan fingerprint density at radius 1 is 0.585 bits per heavy atom. The Labute approximate surface area is 253 Å². The van der Waals surface area contributed by atoms with Crippen LogP contribution in [-0.4, -0.2) is 77.2 Å². The molecule has 0 aromatic heterocycles. The number of quaternary nitrogens is 1. The van der Waals surface area contributed by atoms with Gasteiger partial charge in [-0.2, -0.15) is 0 Å². The summed E-state index contributed by atoms with van der Waals surface area (Å²) in [6, 6.07) is 0. The summed E-state index contributed by atoms with van der Waals surface area (Å²) >= 11 is 0. The Bertz CT molecular complexity index is 691. The van der Waals surface area contributed by atoms with Crippen LogP contribution in [0.3, 0.4) is 0 Å². The molecule has 1 unspecified atom stereocenters. The largest absolute Gasteiger partial charge is 0.481 e. The number of carbonyl (C=O) groups excluding carboxylic acids is 1. The van der Waals surface area contributed by atoms with E-state index in [1.165, 1.54) is 83.5 Å². The topological polar surface area (TPSA) is 94.9 Å². The second-order valence-corrected chi connectivity index (χ2v) is 13.3. The highest BCUT2D eigenvalue weighted by Crippen LogP contribution is 2.31. The molecule has 1 atom stereocenters. The second-order valence-electron chi connectivity index (χ2n) is 13.3. The number of unbranched alkanes of at least 4 members (excludes halogenated alkanes) is 18. The van der Waals surface area contributed by atoms with E-state index in [2.05, 4.69) is 13.8 Å². The molecule has 7 heteroatoms. The van der Waals surface area contributed by atoms with Crippen LogP contribution in [0.2, 0.25) is 0 Å². The Morgan fingerprint density at radius 2 is 0.976 bits per heavy atom. The van der Waals surface area contributed by atoms with Crippen LogP contribution in [0.1, 0.15) is 162 Å². The molecule has 0 saturated heterocycles. The van der Waals surface area contributed by atoms with Gasteiger partial charge >= 0.3 is 11.9 Å². The fourth-order valence-electron chi connectivity index (χ4n) is 5.77. The van der Waals surface area contributed by atoms with Crippen molar-refractivity contribution in [3.63, 3.8) is 0 Å². The monoisotopic (exact) mass is 584 g/mol. The van der Waals surface area contributed by atoms with Crippen molar-refractivity contribution >= 4 is 17.8 Å². The summed E-state index contributed by atoms with van der Waals surface area (Å²) in [5.74, 6) is -2.26. The van der Waals surface area contributed by atoms with E-state index in [-0.39, 0.29) is 25.3 Å². The van der Waals surface area contributed by atoms with Gasteiger partial charge in [0.2, 0.25) is 0 Å². The maximum atomic E-state index is 13.6. The van der Waals surface area contributed by atoms with Crippen molar-refractivity contribution in [1.82, 2.24) is 4.90 Å². The van der Waals surface area contributed by atoms with Crippen LogP contribution in [0, 0.1) is 0 Å². The first kappa shape index (κ1) is 39.4. The minimum Gasteiger partial charge on any atom is -0.481 e. The molecular formula is C34H67N2O5+. The molecule has 0 aromatic rings. The molecule has 0 aliphatic carbocycles. The highest BCUT2D eigenvalue weighted by molar-refractivity contribution is 5.88. The molecule has 242 valence electrons. The maximum absolute atomic E-state index is 13.6. The highest BCUT2D eigenvalue weighted by Gasteiger charge is 2.46. The van der Waals surface area contributed by atoms with E-state index >= 15 is 0 Å². The minimum absolute atomic E-state index is 0.0459. The fraction of sp³-hybridized carbons (Fsp3) is 0.912. The maximum Gasteiger partial charge on any atom is 0.329 e. The summed E-state index contributed by atoms with van der Waals surface area (Å²) in [5.41, 5.74) is -1.47. The van der Waals surface area contributed by atoms with Crippen LogP contribution in [0.15, 0.2) is 0 Å². The Morgan fingerprint density at radius 3 is 1.34 bits per heavy atom. The van der Waals surface area contributed by atoms with Gasteiger partial charge in [0.15, 0.2) is 6.54 Å². The number of hydrogen-bond acceptors (Lipinski definition) is 3. The van der Waals surface area contributed by atoms with Gasteiger partial charge in [0.25, 0.3) is 5.91 Å². The Balaban J connectivity index is 5.27. The number of amides is 1. The van der Waals surface area contributed by atoms with Crippen molar-refractivity contribution in [2.75, 3.05) is 34.2 Å². The summed E-state index contributed by atoms with van der Waals surface area (Å²) in [5, 5.41) is 20.0. The third kappa shape index (κ3) is 20.0. The van der Waals surface area contributed by atoms with Crippen LogP contribution >= 0.6 is 0 Å². The SMILES string of the molecule is CCCCCCCCCCCCN(C(=O)C[N+](C)(C)C)C(CCCCCCCCCCCC)(CCC(=O)O)C(=O)O. The van der Waals surface area contributed by atoms with E-state index in [0.717, 1.165) is 38.5 Å². The van der Waals surface area contributed by atoms with Crippen LogP contribution in [0.4, 0.5) is 0 Å². The highest BCUT2D eigenvalue weighted by atomic mass is 16.4. The molecule has 0 bridgehead atoms. The van der Waals surface area contributed by atoms with E-state index in [9.17, 15) is 24.6 Å². The molecule has 0 heterocycles. The van der Waals surface area contributed by atoms with Crippen molar-refractivity contribution < 1.29 is 29.1 Å². The normalized spacial score (nSPS) is 13.2. The van der Waals surface area contributed by atoms with Gasteiger partial charge in [-0.05, 0) is 19.3 Å². The van der Waals surface area contributed by atoms with Crippen LogP contribution < -0.4 is 0 Å². The van der Waals surface area contributed by atoms with Crippen LogP contribution in [0.5, 0.6) is 0 Å². The van der Waals surface area contributed by atoms with Crippen LogP contribution in [0.25, 0.3) is 0 Å². The number of carboxylic acids is 2. The Kier molecular flexibility index (Phi) is 22.9. The van der Waals surface area contributed by atoms with Gasteiger partial charge in [-0.3, -0.25) is 9.59 Å². The molecule has 7 nitrogen and oxygen atoms in total. The lowest BCUT2D eigenvalue weighted by atomic mass is 9.84. The number of aliphatic carboxylic acids is 2. The standard InChI is InChI=1S/C34H66N2O5/c1-6-8-10-12-14-16-18-20-22-24-27-34(33(40)41,28-26-32(38)39)35(31(37)30-36(3,4)5)29-25-23-21-19-17-15-13-11-9-7-2/h6-30H2,1-5H3,(H-,38,39,40,41)/p+1. The molecule has 0 aliphatic rings. The van der Waals surface area contributed by atoms with Crippen molar-refractivity contribution in [3.8, 4) is 0 Å². The zero-order chi connectivity index (χ0) is 31.0. The number of nitrogens with zero attached hydrogens (tertiary/aromatic N) is 2. The lowest BCUT2D eigenvalue weighted by Gasteiger charge is -2.42. The van der Waals surface area contributed by atoms with Crippen molar-refractivity contribution in [1.29, 1.82) is 0 Å². The molecule has 0 fully saturated rings. The molecule has 1 amide bonds. The van der Waals surface area contributed by atoms with E-state index < -0.39 is 17.5 Å². The Hall–Kier alpha value is -1.63. The fourth-order valence-corrected chi connectivity index (χ4v) is 5.77. The van der Waals surface area contributed by atoms with E-state index in [4.69, 9.17) is 0 Å². The number of carbonyl (C=O) groups is 3. The van der Waals surface area contributed by atoms with Gasteiger partial charge in [0.1, 0.15) is 5.54 Å². The first-order chi connectivity index (χ1) is 19.5. The minimum atomic E-state index is -1.47. The van der Waals surface area contributed by atoms with Gasteiger partial charge in [-0.1, -0.05) is 136 Å². The second kappa shape index (κ2) is 23.9. The number of carboxylic acid groups (broad SMARTS) is 2. The molecular weight excluding hydrogens is 516 g/mol. The summed E-state index contributed by atoms with van der Waals surface area (Å²) < 4.78 is 0.403. The quantitative estimate of drug-likeness (QED) is 0.0680. The molecule has 41 heavy (non-hydrogen) atoms. The predicted molar refractivity (Wildman–Crippen MR) is 170 cm³/mol. The zero-order valence-corrected chi connectivity index (χ0v) is 27.7. The number of hydrogen-bond donors (Lipinski definition) is 2. The van der Waals surface area contributed by atoms with Crippen molar-refractivity contribution in [2.24, 2.45) is 0 Å². The molecule has 2 N–H and O–H groups in total. The third-order valence-corrected chi connectivity index (χ3v) is 8.26. The molecule has 0 aromatic carbocycles. The van der Waals surface area contributed by atoms with E-state index in [1.54, 1.807) is 4.90 Å². The molecule has 0 saturated carbocycles. The zero-order valence-electron chi connectivity index (χ0n) is 27.7. The molecule has 0 rings (SSSR count). The van der Waals surface area contributed by atoms with Gasteiger partial charge in [0.05, 0.1) is 21.1 Å². The third-order valence-electron chi connectivity index (χ3n) is 8.26. The first-order valence-electron chi connectivity index (χ1n) is 17.1. The van der Waals surface area contributed by atoms with Crippen LogP contribution in [-0.2, 0) is 14.4 Å². The molecule has 0 aliphatic heterocycles. The summed E-state index contributed by atoms with van der Waals surface area (Å²) in [6.07, 6.45) is 23.0. The lowest BCUT2D eigenvalue weighted by molar-refractivity contribution is -0.862. The summed E-state index contributed by atoms with van der Waals surface area (Å²) in [4.78, 5) is 39.7. The van der Waals surface area contributed by atoms with E-state index in [1.807, 2.05) is 21.1 Å². The first-order valence-corrected chi connectivity index (χ1v) is 17.1. The van der Waals surface area contributed by atoms with Crippen molar-refractivity contribution in [2.45, 2.75) is 167 Å². The van der Waals surface area contributed by atoms with Crippen molar-refractivity contribution in [3.05, 3.63) is 0 Å². The predicted octanol–water partition coefficient (Wildman–Crippen LogP) is 8.44. The smallest absolute Gasteiger partial charge is 0.329 e. The van der Waals surface area contributed by atoms with Gasteiger partial charge < -0.3 is 19.6 Å². The van der Waals surface area contributed by atoms with Gasteiger partial charge in [-0.15, -0.1) is 0 Å². The average Bonchev–Trinajstić information content (AvgIpc) is 2.89. The van der Waals surface area contributed by atoms with E-state index in [0.29, 0.717) is 23.9 Å². The number of rotatable bonds is 29. The molecule has 0 spiro atoms. The van der Waals surface area contributed by atoms with Gasteiger partial charge in [-0.25, -0.2) is 4.79 Å². The van der Waals surface area contributed by atoms with Gasteiger partial charge in [0, 0.05) is 13.0 Å². The lowest BCUT2D eigenvalue weighted by Crippen LogP contribution is -2.60. The summed E-state index contributed by atoms with van der Waals surface area (Å²) in [7, 11) is 5.79. The molecule has 0 radical (unpaired) electrons. The number of likely N-dealkylation sites (N-methyl/N-ethyl adjacent to an activating group) is 1.